The lowest BCUT2D eigenvalue weighted by Crippen LogP contribution is -2.02. The maximum absolute atomic E-state index is 9.05. The van der Waals surface area contributed by atoms with E-state index < -0.39 is 0 Å². The molecule has 0 bridgehead atoms. The Morgan fingerprint density at radius 2 is 2.00 bits per heavy atom. The summed E-state index contributed by atoms with van der Waals surface area (Å²) >= 11 is 0. The molecule has 0 heterocycles. The van der Waals surface area contributed by atoms with E-state index in [1.165, 1.54) is 5.56 Å². The molecular formula is C14H13N. The van der Waals surface area contributed by atoms with Crippen molar-refractivity contribution in [3.63, 3.8) is 0 Å². The Hall–Kier alpha value is -1.81. The van der Waals surface area contributed by atoms with Crippen molar-refractivity contribution < 1.29 is 0 Å². The van der Waals surface area contributed by atoms with Crippen LogP contribution in [0.15, 0.2) is 42.5 Å². The van der Waals surface area contributed by atoms with Gasteiger partial charge in [0, 0.05) is 0 Å². The molecule has 0 radical (unpaired) electrons. The van der Waals surface area contributed by atoms with E-state index >= 15 is 0 Å². The molecule has 0 saturated heterocycles. The molecule has 0 amide bonds. The molecule has 0 aliphatic heterocycles. The van der Waals surface area contributed by atoms with Crippen LogP contribution in [0.1, 0.15) is 17.5 Å². The fraction of sp³-hybridized carbons (Fsp3) is 0.214. The minimum atomic E-state index is 0.0118. The van der Waals surface area contributed by atoms with Crippen LogP contribution in [0, 0.1) is 24.2 Å². The fourth-order valence-corrected chi connectivity index (χ4v) is 1.80. The van der Waals surface area contributed by atoms with Crippen LogP contribution in [0.3, 0.4) is 0 Å². The van der Waals surface area contributed by atoms with Gasteiger partial charge in [-0.2, -0.15) is 5.26 Å². The lowest BCUT2D eigenvalue weighted by molar-refractivity contribution is 0.859. The first-order chi connectivity index (χ1) is 7.31. The molecule has 1 nitrogen and oxygen atoms in total. The molecular weight excluding hydrogens is 182 g/mol. The summed E-state index contributed by atoms with van der Waals surface area (Å²) in [5.41, 5.74) is 3.55. The summed E-state index contributed by atoms with van der Waals surface area (Å²) in [5.74, 6) is 0.0118. The van der Waals surface area contributed by atoms with Gasteiger partial charge in [-0.05, 0) is 24.5 Å². The van der Waals surface area contributed by atoms with Gasteiger partial charge < -0.3 is 0 Å². The summed E-state index contributed by atoms with van der Waals surface area (Å²) in [6, 6.07) is 10.7. The molecule has 1 aromatic rings. The first-order valence-corrected chi connectivity index (χ1v) is 5.14. The van der Waals surface area contributed by atoms with Crippen molar-refractivity contribution in [2.45, 2.75) is 13.3 Å². The van der Waals surface area contributed by atoms with Gasteiger partial charge in [0.05, 0.1) is 12.0 Å². The summed E-state index contributed by atoms with van der Waals surface area (Å²) in [4.78, 5) is 0. The molecule has 2 rings (SSSR count). The molecule has 1 aliphatic carbocycles. The Kier molecular flexibility index (Phi) is 2.69. The van der Waals surface area contributed by atoms with Crippen LogP contribution >= 0.6 is 0 Å². The van der Waals surface area contributed by atoms with Crippen molar-refractivity contribution in [2.24, 2.45) is 5.92 Å². The Balaban J connectivity index is 2.37. The zero-order chi connectivity index (χ0) is 10.7. The topological polar surface area (TPSA) is 23.8 Å². The van der Waals surface area contributed by atoms with Gasteiger partial charge in [-0.15, -0.1) is 0 Å². The third-order valence-corrected chi connectivity index (χ3v) is 2.70. The molecule has 0 fully saturated rings. The molecule has 0 aromatic heterocycles. The number of nitriles is 1. The first kappa shape index (κ1) is 9.73. The average Bonchev–Trinajstić information content (AvgIpc) is 2.30. The number of hydrogen-bond donors (Lipinski definition) is 0. The van der Waals surface area contributed by atoms with E-state index in [0.29, 0.717) is 0 Å². The van der Waals surface area contributed by atoms with E-state index in [0.717, 1.165) is 17.6 Å². The number of hydrogen-bond acceptors (Lipinski definition) is 1. The third-order valence-electron chi connectivity index (χ3n) is 2.70. The molecule has 0 spiro atoms. The quantitative estimate of drug-likeness (QED) is 0.673. The van der Waals surface area contributed by atoms with Crippen LogP contribution in [0.5, 0.6) is 0 Å². The Morgan fingerprint density at radius 3 is 2.67 bits per heavy atom. The predicted octanol–water partition coefficient (Wildman–Crippen LogP) is 3.48. The SMILES string of the molecule is Cc1ccc(C2=CC=CCC2C#N)cc1. The minimum absolute atomic E-state index is 0.0118. The third kappa shape index (κ3) is 1.99. The normalized spacial score (nSPS) is 19.5. The number of aryl methyl sites for hydroxylation is 1. The van der Waals surface area contributed by atoms with Gasteiger partial charge in [0.1, 0.15) is 0 Å². The van der Waals surface area contributed by atoms with Gasteiger partial charge in [0.25, 0.3) is 0 Å². The van der Waals surface area contributed by atoms with Crippen LogP contribution in [-0.2, 0) is 0 Å². The van der Waals surface area contributed by atoms with Crippen molar-refractivity contribution >= 4 is 5.57 Å². The van der Waals surface area contributed by atoms with Crippen LogP contribution in [0.25, 0.3) is 5.57 Å². The summed E-state index contributed by atoms with van der Waals surface area (Å²) in [6.07, 6.45) is 6.95. The van der Waals surface area contributed by atoms with E-state index in [-0.39, 0.29) is 5.92 Å². The van der Waals surface area contributed by atoms with Crippen molar-refractivity contribution in [1.29, 1.82) is 5.26 Å². The molecule has 0 N–H and O–H groups in total. The van der Waals surface area contributed by atoms with Gasteiger partial charge in [0.15, 0.2) is 0 Å². The number of rotatable bonds is 1. The zero-order valence-electron chi connectivity index (χ0n) is 8.77. The highest BCUT2D eigenvalue weighted by Gasteiger charge is 2.15. The lowest BCUT2D eigenvalue weighted by atomic mass is 9.87. The zero-order valence-corrected chi connectivity index (χ0v) is 8.77. The molecule has 1 atom stereocenters. The summed E-state index contributed by atoms with van der Waals surface area (Å²) in [5, 5.41) is 9.05. The van der Waals surface area contributed by atoms with Crippen LogP contribution < -0.4 is 0 Å². The maximum atomic E-state index is 9.05. The van der Waals surface area contributed by atoms with Crippen LogP contribution in [0.4, 0.5) is 0 Å². The molecule has 1 heteroatoms. The monoisotopic (exact) mass is 195 g/mol. The minimum Gasteiger partial charge on any atom is -0.198 e. The Labute approximate surface area is 90.4 Å². The molecule has 1 aromatic carbocycles. The Bertz CT molecular complexity index is 443. The molecule has 1 aliphatic rings. The number of nitrogens with zero attached hydrogens (tertiary/aromatic N) is 1. The van der Waals surface area contributed by atoms with E-state index in [2.05, 4.69) is 37.3 Å². The summed E-state index contributed by atoms with van der Waals surface area (Å²) < 4.78 is 0. The molecule has 0 saturated carbocycles. The van der Waals surface area contributed by atoms with E-state index in [4.69, 9.17) is 5.26 Å². The number of benzene rings is 1. The maximum Gasteiger partial charge on any atom is 0.0753 e. The fourth-order valence-electron chi connectivity index (χ4n) is 1.80. The second-order valence-corrected chi connectivity index (χ2v) is 3.83. The second kappa shape index (κ2) is 4.14. The smallest absolute Gasteiger partial charge is 0.0753 e. The van der Waals surface area contributed by atoms with Gasteiger partial charge in [-0.25, -0.2) is 0 Å². The molecule has 1 unspecified atom stereocenters. The van der Waals surface area contributed by atoms with Crippen LogP contribution in [-0.4, -0.2) is 0 Å². The van der Waals surface area contributed by atoms with E-state index in [1.54, 1.807) is 0 Å². The highest BCUT2D eigenvalue weighted by molar-refractivity contribution is 5.72. The average molecular weight is 195 g/mol. The highest BCUT2D eigenvalue weighted by Crippen LogP contribution is 2.29. The Morgan fingerprint density at radius 1 is 1.27 bits per heavy atom. The summed E-state index contributed by atoms with van der Waals surface area (Å²) in [6.45, 7) is 2.07. The van der Waals surface area contributed by atoms with E-state index in [9.17, 15) is 0 Å². The van der Waals surface area contributed by atoms with E-state index in [1.807, 2.05) is 18.2 Å². The molecule has 74 valence electrons. The van der Waals surface area contributed by atoms with Crippen molar-refractivity contribution in [1.82, 2.24) is 0 Å². The van der Waals surface area contributed by atoms with Gasteiger partial charge in [0.2, 0.25) is 0 Å². The standard InChI is InChI=1S/C14H13N/c1-11-6-8-12(9-7-11)14-5-3-2-4-13(14)10-15/h2-3,5-9,13H,4H2,1H3. The van der Waals surface area contributed by atoms with Crippen molar-refractivity contribution in [2.75, 3.05) is 0 Å². The van der Waals surface area contributed by atoms with Crippen molar-refractivity contribution in [3.8, 4) is 6.07 Å². The van der Waals surface area contributed by atoms with Gasteiger partial charge in [-0.1, -0.05) is 48.1 Å². The largest absolute Gasteiger partial charge is 0.198 e. The predicted molar refractivity (Wildman–Crippen MR) is 62.0 cm³/mol. The van der Waals surface area contributed by atoms with Crippen molar-refractivity contribution in [3.05, 3.63) is 53.6 Å². The highest BCUT2D eigenvalue weighted by atomic mass is 14.3. The summed E-state index contributed by atoms with van der Waals surface area (Å²) in [7, 11) is 0. The molecule has 15 heavy (non-hydrogen) atoms. The van der Waals surface area contributed by atoms with Crippen LogP contribution in [0.2, 0.25) is 0 Å². The van der Waals surface area contributed by atoms with Gasteiger partial charge in [-0.3, -0.25) is 0 Å². The number of allylic oxidation sites excluding steroid dienone is 4. The lowest BCUT2D eigenvalue weighted by Gasteiger charge is -2.15. The first-order valence-electron chi connectivity index (χ1n) is 5.14. The second-order valence-electron chi connectivity index (χ2n) is 3.83. The van der Waals surface area contributed by atoms with Gasteiger partial charge >= 0.3 is 0 Å².